The number of nitriles is 2. The number of para-hydroxylation sites is 1. The van der Waals surface area contributed by atoms with Gasteiger partial charge in [-0.05, 0) is 68.3 Å². The molecule has 1 N–H and O–H groups in total. The second-order valence-electron chi connectivity index (χ2n) is 14.4. The number of fused-ring (bicyclic) bond motifs is 1. The number of ether oxygens (including phenoxy) is 2. The van der Waals surface area contributed by atoms with Gasteiger partial charge in [0.1, 0.15) is 5.75 Å². The van der Waals surface area contributed by atoms with Crippen LogP contribution in [-0.4, -0.2) is 106 Å². The van der Waals surface area contributed by atoms with Gasteiger partial charge in [-0.25, -0.2) is 13.2 Å². The molecule has 4 fully saturated rings. The van der Waals surface area contributed by atoms with E-state index in [1.807, 2.05) is 6.07 Å². The highest BCUT2D eigenvalue weighted by Crippen LogP contribution is 2.50. The molecule has 3 aromatic rings. The molecule has 5 heterocycles. The number of sulfonamides is 1. The van der Waals surface area contributed by atoms with E-state index in [9.17, 15) is 23.7 Å². The average molecular weight is 722 g/mol. The second-order valence-corrected chi connectivity index (χ2v) is 16.2. The van der Waals surface area contributed by atoms with Crippen LogP contribution in [0.5, 0.6) is 5.75 Å². The van der Waals surface area contributed by atoms with E-state index in [1.54, 1.807) is 36.1 Å². The number of rotatable bonds is 8. The summed E-state index contributed by atoms with van der Waals surface area (Å²) in [6, 6.07) is 20.9. The molecule has 0 unspecified atom stereocenters. The van der Waals surface area contributed by atoms with Crippen molar-refractivity contribution >= 4 is 27.6 Å². The van der Waals surface area contributed by atoms with E-state index in [0.717, 1.165) is 52.2 Å². The first-order valence-corrected chi connectivity index (χ1v) is 19.1. The lowest BCUT2D eigenvalue weighted by Gasteiger charge is -2.62. The van der Waals surface area contributed by atoms with Crippen LogP contribution in [0.4, 0.5) is 10.5 Å². The largest absolute Gasteiger partial charge is 0.493 e. The van der Waals surface area contributed by atoms with E-state index < -0.39 is 27.5 Å². The van der Waals surface area contributed by atoms with Crippen molar-refractivity contribution in [2.24, 2.45) is 5.41 Å². The smallest absolute Gasteiger partial charge is 0.318 e. The molecule has 3 aromatic carbocycles. The summed E-state index contributed by atoms with van der Waals surface area (Å²) in [5.74, 6) is -0.650. The third-order valence-corrected chi connectivity index (χ3v) is 12.9. The van der Waals surface area contributed by atoms with Crippen molar-refractivity contribution in [1.82, 2.24) is 20.0 Å². The van der Waals surface area contributed by atoms with Gasteiger partial charge < -0.3 is 19.7 Å². The molecule has 52 heavy (non-hydrogen) atoms. The van der Waals surface area contributed by atoms with Crippen molar-refractivity contribution in [3.05, 3.63) is 89.0 Å². The highest BCUT2D eigenvalue weighted by molar-refractivity contribution is 7.93. The van der Waals surface area contributed by atoms with Crippen LogP contribution < -0.4 is 14.4 Å². The van der Waals surface area contributed by atoms with Crippen molar-refractivity contribution in [2.75, 3.05) is 63.4 Å². The van der Waals surface area contributed by atoms with Crippen LogP contribution in [-0.2, 0) is 25.1 Å². The molecule has 8 rings (SSSR count). The van der Waals surface area contributed by atoms with Gasteiger partial charge in [0.2, 0.25) is 0 Å². The van der Waals surface area contributed by atoms with Crippen LogP contribution in [0.15, 0.2) is 71.6 Å². The lowest BCUT2D eigenvalue weighted by molar-refractivity contribution is -0.129. The quantitative estimate of drug-likeness (QED) is 0.367. The van der Waals surface area contributed by atoms with Crippen molar-refractivity contribution in [1.29, 1.82) is 10.5 Å². The Balaban J connectivity index is 1.09. The first kappa shape index (κ1) is 34.1. The zero-order valence-electron chi connectivity index (χ0n) is 28.8. The molecular formula is C38H39N7O6S. The van der Waals surface area contributed by atoms with E-state index in [1.165, 1.54) is 42.5 Å². The number of urea groups is 1. The van der Waals surface area contributed by atoms with Gasteiger partial charge in [-0.2, -0.15) is 14.8 Å². The Kier molecular flexibility index (Phi) is 8.46. The maximum atomic E-state index is 15.1. The molecule has 3 amide bonds. The Morgan fingerprint density at radius 3 is 2.21 bits per heavy atom. The molecule has 0 radical (unpaired) electrons. The minimum absolute atomic E-state index is 0.00515. The summed E-state index contributed by atoms with van der Waals surface area (Å²) in [6.07, 6.45) is 2.24. The Labute approximate surface area is 303 Å². The van der Waals surface area contributed by atoms with Gasteiger partial charge in [-0.3, -0.25) is 14.6 Å². The fourth-order valence-electron chi connectivity index (χ4n) is 8.48. The molecule has 1 spiro atoms. The highest BCUT2D eigenvalue weighted by Gasteiger charge is 2.61. The predicted octanol–water partition coefficient (Wildman–Crippen LogP) is 3.00. The van der Waals surface area contributed by atoms with Crippen LogP contribution in [0.1, 0.15) is 42.0 Å². The standard InChI is InChI=1S/C38H39N7O6S/c1-2-51-34-6-4-3-5-31(34)38(41-36(47)44-24-37(25-44)22-43(23-37)28-13-15-42(16-14-28)29-20-50-21-29)32-17-27(19-40)9-12-33(32)45(35(38)46)52(48,49)30-10-7-26(18-39)8-11-30/h3-12,17,28-29H,2,13-16,20-25H2,1H3,(H,41,47)/t38-/m1/s1. The predicted molar refractivity (Wildman–Crippen MR) is 189 cm³/mol. The topological polar surface area (TPSA) is 159 Å². The minimum atomic E-state index is -4.56. The number of nitrogens with one attached hydrogen (secondary N) is 1. The lowest BCUT2D eigenvalue weighted by Crippen LogP contribution is -2.76. The molecule has 1 atom stereocenters. The van der Waals surface area contributed by atoms with Crippen molar-refractivity contribution in [3.8, 4) is 17.9 Å². The fourth-order valence-corrected chi connectivity index (χ4v) is 9.95. The maximum absolute atomic E-state index is 15.1. The number of likely N-dealkylation sites (tertiary alicyclic amines) is 3. The summed E-state index contributed by atoms with van der Waals surface area (Å²) in [5, 5.41) is 22.2. The van der Waals surface area contributed by atoms with E-state index in [-0.39, 0.29) is 50.6 Å². The van der Waals surface area contributed by atoms with Crippen molar-refractivity contribution in [3.63, 3.8) is 0 Å². The summed E-state index contributed by atoms with van der Waals surface area (Å²) < 4.78 is 40.7. The van der Waals surface area contributed by atoms with Crippen LogP contribution in [0.25, 0.3) is 0 Å². The van der Waals surface area contributed by atoms with Gasteiger partial charge in [0, 0.05) is 61.9 Å². The molecular weight excluding hydrogens is 683 g/mol. The number of amides is 3. The third-order valence-electron chi connectivity index (χ3n) is 11.2. The van der Waals surface area contributed by atoms with Gasteiger partial charge in [0.15, 0.2) is 5.54 Å². The number of piperidine rings is 1. The van der Waals surface area contributed by atoms with Crippen LogP contribution in [0, 0.1) is 28.1 Å². The Bertz CT molecular complexity index is 2100. The Morgan fingerprint density at radius 1 is 0.904 bits per heavy atom. The van der Waals surface area contributed by atoms with E-state index in [4.69, 9.17) is 9.47 Å². The number of benzene rings is 3. The summed E-state index contributed by atoms with van der Waals surface area (Å²) in [5.41, 5.74) is -1.26. The van der Waals surface area contributed by atoms with Crippen molar-refractivity contribution < 1.29 is 27.5 Å². The Hall–Kier alpha value is -4.99. The zero-order valence-corrected chi connectivity index (χ0v) is 29.6. The fraction of sp³-hybridized carbons (Fsp3) is 0.421. The summed E-state index contributed by atoms with van der Waals surface area (Å²) in [4.78, 5) is 35.9. The molecule has 14 heteroatoms. The maximum Gasteiger partial charge on any atom is 0.318 e. The molecule has 0 bridgehead atoms. The monoisotopic (exact) mass is 721 g/mol. The van der Waals surface area contributed by atoms with Crippen molar-refractivity contribution in [2.45, 2.75) is 42.3 Å². The normalized spacial score (nSPS) is 23.2. The number of carbonyl (C=O) groups is 2. The van der Waals surface area contributed by atoms with E-state index in [2.05, 4.69) is 21.2 Å². The van der Waals surface area contributed by atoms with E-state index in [0.29, 0.717) is 29.5 Å². The number of nitrogens with zero attached hydrogens (tertiary/aromatic N) is 6. The minimum Gasteiger partial charge on any atom is -0.493 e. The molecule has 13 nitrogen and oxygen atoms in total. The molecule has 5 aliphatic heterocycles. The van der Waals surface area contributed by atoms with Gasteiger partial charge in [-0.15, -0.1) is 0 Å². The first-order chi connectivity index (χ1) is 25.1. The summed E-state index contributed by atoms with van der Waals surface area (Å²) >= 11 is 0. The molecule has 0 saturated carbocycles. The highest BCUT2D eigenvalue weighted by atomic mass is 32.2. The third kappa shape index (κ3) is 5.40. The van der Waals surface area contributed by atoms with E-state index >= 15 is 4.79 Å². The molecule has 0 aliphatic carbocycles. The van der Waals surface area contributed by atoms with Gasteiger partial charge in [-0.1, -0.05) is 18.2 Å². The Morgan fingerprint density at radius 2 is 1.58 bits per heavy atom. The zero-order chi connectivity index (χ0) is 36.3. The SMILES string of the molecule is CCOc1ccccc1[C@]1(NC(=O)N2CC3(C2)CN(C2CCN(C4COC4)CC2)C3)C(=O)N(S(=O)(=O)c2ccc(C#N)cc2)c2ccc(C#N)cc21. The number of hydrogen-bond acceptors (Lipinski definition) is 10. The number of hydrogen-bond donors (Lipinski definition) is 1. The van der Waals surface area contributed by atoms with Gasteiger partial charge in [0.25, 0.3) is 15.9 Å². The molecule has 268 valence electrons. The molecule has 4 saturated heterocycles. The van der Waals surface area contributed by atoms with Gasteiger partial charge in [0.05, 0.1) is 59.7 Å². The van der Waals surface area contributed by atoms with Crippen LogP contribution >= 0.6 is 0 Å². The van der Waals surface area contributed by atoms with Gasteiger partial charge >= 0.3 is 6.03 Å². The summed E-state index contributed by atoms with van der Waals surface area (Å²) in [6.45, 7) is 8.64. The summed E-state index contributed by atoms with van der Waals surface area (Å²) in [7, 11) is -4.56. The lowest BCUT2D eigenvalue weighted by atomic mass is 9.71. The number of carbonyl (C=O) groups excluding carboxylic acids is 2. The van der Waals surface area contributed by atoms with Crippen LogP contribution in [0.2, 0.25) is 0 Å². The average Bonchev–Trinajstić information content (AvgIpc) is 3.34. The molecule has 0 aromatic heterocycles. The second kappa shape index (κ2) is 12.9. The number of anilines is 1. The molecule has 5 aliphatic rings. The van der Waals surface area contributed by atoms with Crippen LogP contribution in [0.3, 0.4) is 0 Å². The first-order valence-electron chi connectivity index (χ1n) is 17.6.